The average Bonchev–Trinajstić information content (AvgIpc) is 3.08. The lowest BCUT2D eigenvalue weighted by Crippen LogP contribution is -2.49. The Labute approximate surface area is 173 Å². The maximum Gasteiger partial charge on any atom is 0.253 e. The molecule has 1 aliphatic rings. The Balaban J connectivity index is 1.53. The number of hydrogen-bond acceptors (Lipinski definition) is 6. The number of carbonyl (C=O) groups is 2. The zero-order valence-corrected chi connectivity index (χ0v) is 17.7. The van der Waals surface area contributed by atoms with E-state index in [1.165, 1.54) is 23.1 Å². The lowest BCUT2D eigenvalue weighted by molar-refractivity contribution is 0.0628. The molecular formula is C21H23N3O2S2. The van der Waals surface area contributed by atoms with Crippen molar-refractivity contribution in [3.8, 4) is 6.07 Å². The maximum absolute atomic E-state index is 12.8. The summed E-state index contributed by atoms with van der Waals surface area (Å²) in [4.78, 5) is 30.0. The molecule has 28 heavy (non-hydrogen) atoms. The third-order valence-electron chi connectivity index (χ3n) is 5.02. The van der Waals surface area contributed by atoms with E-state index < -0.39 is 0 Å². The van der Waals surface area contributed by atoms with Crippen LogP contribution in [0.3, 0.4) is 0 Å². The van der Waals surface area contributed by atoms with Crippen LogP contribution < -0.4 is 0 Å². The molecule has 1 aliphatic heterocycles. The molecule has 3 rings (SSSR count). The van der Waals surface area contributed by atoms with Crippen molar-refractivity contribution in [1.82, 2.24) is 9.80 Å². The van der Waals surface area contributed by atoms with Crippen LogP contribution in [0.1, 0.15) is 37.6 Å². The predicted molar refractivity (Wildman–Crippen MR) is 113 cm³/mol. The first kappa shape index (κ1) is 20.6. The zero-order valence-electron chi connectivity index (χ0n) is 16.1. The van der Waals surface area contributed by atoms with Gasteiger partial charge in [-0.15, -0.1) is 23.1 Å². The Morgan fingerprint density at radius 3 is 2.46 bits per heavy atom. The summed E-state index contributed by atoms with van der Waals surface area (Å²) in [5.41, 5.74) is 2.24. The van der Waals surface area contributed by atoms with Crippen molar-refractivity contribution in [2.75, 3.05) is 39.0 Å². The van der Waals surface area contributed by atoms with Crippen LogP contribution in [0.2, 0.25) is 0 Å². The van der Waals surface area contributed by atoms with Gasteiger partial charge in [0.2, 0.25) is 0 Å². The number of amides is 1. The molecule has 1 saturated heterocycles. The molecule has 0 bridgehead atoms. The Hall–Kier alpha value is -2.14. The summed E-state index contributed by atoms with van der Waals surface area (Å²) in [6.45, 7) is 5.43. The van der Waals surface area contributed by atoms with Gasteiger partial charge >= 0.3 is 0 Å². The fraction of sp³-hybridized carbons (Fsp3) is 0.381. The Bertz CT molecular complexity index is 894. The summed E-state index contributed by atoms with van der Waals surface area (Å²) in [6, 6.07) is 11.5. The molecule has 0 spiro atoms. The minimum atomic E-state index is 0.0684. The minimum absolute atomic E-state index is 0.0684. The number of thiophene rings is 1. The summed E-state index contributed by atoms with van der Waals surface area (Å²) in [5, 5.41) is 9.22. The van der Waals surface area contributed by atoms with E-state index >= 15 is 0 Å². The van der Waals surface area contributed by atoms with E-state index in [9.17, 15) is 14.9 Å². The van der Waals surface area contributed by atoms with E-state index in [2.05, 4.69) is 11.0 Å². The lowest BCUT2D eigenvalue weighted by Gasteiger charge is -2.34. The number of carbonyl (C=O) groups excluding carboxylic acids is 2. The Kier molecular flexibility index (Phi) is 6.89. The van der Waals surface area contributed by atoms with Gasteiger partial charge in [-0.2, -0.15) is 5.26 Å². The van der Waals surface area contributed by atoms with E-state index in [4.69, 9.17) is 0 Å². The molecular weight excluding hydrogens is 390 g/mol. The third kappa shape index (κ3) is 4.46. The van der Waals surface area contributed by atoms with Gasteiger partial charge in [-0.1, -0.05) is 18.2 Å². The quantitative estimate of drug-likeness (QED) is 0.534. The van der Waals surface area contributed by atoms with Crippen molar-refractivity contribution in [2.24, 2.45) is 0 Å². The number of benzene rings is 1. The topological polar surface area (TPSA) is 64.4 Å². The molecule has 2 aromatic rings. The van der Waals surface area contributed by atoms with Crippen molar-refractivity contribution < 1.29 is 9.59 Å². The Morgan fingerprint density at radius 2 is 1.86 bits per heavy atom. The van der Waals surface area contributed by atoms with Crippen LogP contribution in [0.4, 0.5) is 0 Å². The first-order valence-corrected chi connectivity index (χ1v) is 11.3. The van der Waals surface area contributed by atoms with Crippen molar-refractivity contribution in [3.05, 3.63) is 51.9 Å². The van der Waals surface area contributed by atoms with Crippen molar-refractivity contribution >= 4 is 34.8 Å². The molecule has 0 unspecified atom stereocenters. The lowest BCUT2D eigenvalue weighted by atomic mass is 10.1. The molecule has 1 fully saturated rings. The number of ketones is 1. The van der Waals surface area contributed by atoms with Crippen LogP contribution in [-0.2, 0) is 0 Å². The Morgan fingerprint density at radius 1 is 1.18 bits per heavy atom. The number of piperazine rings is 1. The van der Waals surface area contributed by atoms with Gasteiger partial charge in [0.05, 0.1) is 4.21 Å². The molecule has 5 nitrogen and oxygen atoms in total. The summed E-state index contributed by atoms with van der Waals surface area (Å²) in [5.74, 6) is 0.168. The van der Waals surface area contributed by atoms with Crippen molar-refractivity contribution in [2.45, 2.75) is 17.6 Å². The first-order chi connectivity index (χ1) is 13.5. The molecule has 0 radical (unpaired) electrons. The monoisotopic (exact) mass is 413 g/mol. The van der Waals surface area contributed by atoms with Gasteiger partial charge < -0.3 is 4.90 Å². The van der Waals surface area contributed by atoms with Crippen molar-refractivity contribution in [3.63, 3.8) is 0 Å². The van der Waals surface area contributed by atoms with E-state index in [-0.39, 0.29) is 11.7 Å². The largest absolute Gasteiger partial charge is 0.336 e. The summed E-state index contributed by atoms with van der Waals surface area (Å²) < 4.78 is 0.928. The van der Waals surface area contributed by atoms with Gasteiger partial charge in [-0.05, 0) is 30.9 Å². The zero-order chi connectivity index (χ0) is 20.1. The first-order valence-electron chi connectivity index (χ1n) is 9.22. The van der Waals surface area contributed by atoms with Gasteiger partial charge in [-0.25, -0.2) is 0 Å². The molecule has 1 aromatic carbocycles. The van der Waals surface area contributed by atoms with Crippen molar-refractivity contribution in [1.29, 1.82) is 5.26 Å². The number of Topliss-reactive ketones (excluding diaryl/α,β-unsaturated/α-hetero) is 1. The fourth-order valence-electron chi connectivity index (χ4n) is 3.38. The minimum Gasteiger partial charge on any atom is -0.336 e. The predicted octanol–water partition coefficient (Wildman–Crippen LogP) is 3.68. The molecule has 7 heteroatoms. The van der Waals surface area contributed by atoms with Crippen LogP contribution in [-0.4, -0.2) is 60.5 Å². The highest BCUT2D eigenvalue weighted by molar-refractivity contribution is 8.00. The molecule has 2 heterocycles. The highest BCUT2D eigenvalue weighted by Crippen LogP contribution is 2.35. The van der Waals surface area contributed by atoms with E-state index in [1.54, 1.807) is 0 Å². The average molecular weight is 414 g/mol. The maximum atomic E-state index is 12.8. The van der Waals surface area contributed by atoms with E-state index in [0.29, 0.717) is 36.5 Å². The van der Waals surface area contributed by atoms with E-state index in [1.807, 2.05) is 48.4 Å². The normalized spacial score (nSPS) is 14.7. The molecule has 0 N–H and O–H groups in total. The molecule has 1 amide bonds. The van der Waals surface area contributed by atoms with Crippen LogP contribution in [0.25, 0.3) is 0 Å². The number of nitrogens with zero attached hydrogens (tertiary/aromatic N) is 3. The number of thioether (sulfide) groups is 1. The summed E-state index contributed by atoms with van der Waals surface area (Å²) in [6.07, 6.45) is 2.37. The summed E-state index contributed by atoms with van der Waals surface area (Å²) >= 11 is 2.93. The molecule has 146 valence electrons. The second-order valence-electron chi connectivity index (χ2n) is 6.71. The number of hydrogen-bond donors (Lipinski definition) is 0. The van der Waals surface area contributed by atoms with Crippen LogP contribution in [0.5, 0.6) is 0 Å². The molecule has 0 aliphatic carbocycles. The van der Waals surface area contributed by atoms with E-state index in [0.717, 1.165) is 28.4 Å². The number of rotatable bonds is 6. The van der Waals surface area contributed by atoms with Gasteiger partial charge in [0.25, 0.3) is 5.91 Å². The van der Waals surface area contributed by atoms with Crippen LogP contribution in [0.15, 0.2) is 34.5 Å². The molecule has 1 aromatic heterocycles. The summed E-state index contributed by atoms with van der Waals surface area (Å²) in [7, 11) is 0. The molecule has 0 saturated carbocycles. The van der Waals surface area contributed by atoms with Gasteiger partial charge in [0.1, 0.15) is 10.9 Å². The highest BCUT2D eigenvalue weighted by Gasteiger charge is 2.24. The highest BCUT2D eigenvalue weighted by atomic mass is 32.2. The second kappa shape index (κ2) is 9.37. The van der Waals surface area contributed by atoms with Gasteiger partial charge in [0, 0.05) is 50.3 Å². The number of nitriles is 1. The third-order valence-corrected chi connectivity index (χ3v) is 7.33. The molecule has 0 atom stereocenters. The van der Waals surface area contributed by atoms with Crippen LogP contribution >= 0.6 is 23.1 Å². The smallest absolute Gasteiger partial charge is 0.253 e. The second-order valence-corrected chi connectivity index (χ2v) is 8.80. The fourth-order valence-corrected chi connectivity index (χ4v) is 5.29. The standard InChI is InChI=1S/C21H23N3O2S2/c1-15-18(14-22)28-21(27-2)19(15)17(25)8-9-23-10-12-24(13-11-23)20(26)16-6-4-3-5-7-16/h3-7H,8-13H2,1-2H3. The SMILES string of the molecule is CSc1sc(C#N)c(C)c1C(=O)CCN1CCN(C(=O)c2ccccc2)CC1. The van der Waals surface area contributed by atoms with Crippen LogP contribution in [0, 0.1) is 18.3 Å². The van der Waals surface area contributed by atoms with Gasteiger partial charge in [-0.3, -0.25) is 14.5 Å². The van der Waals surface area contributed by atoms with Gasteiger partial charge in [0.15, 0.2) is 5.78 Å².